The average Bonchev–Trinajstić information content (AvgIpc) is 2.15. The van der Waals surface area contributed by atoms with E-state index in [1.807, 2.05) is 0 Å². The van der Waals surface area contributed by atoms with Crippen molar-refractivity contribution in [1.82, 2.24) is 5.32 Å². The maximum Gasteiger partial charge on any atom is 0.0530 e. The van der Waals surface area contributed by atoms with Gasteiger partial charge in [-0.05, 0) is 53.8 Å². The lowest BCUT2D eigenvalue weighted by atomic mass is 10.0. The van der Waals surface area contributed by atoms with Gasteiger partial charge in [-0.2, -0.15) is 0 Å². The first kappa shape index (κ1) is 11.7. The summed E-state index contributed by atoms with van der Waals surface area (Å²) in [7, 11) is 0. The molecule has 0 saturated heterocycles. The van der Waals surface area contributed by atoms with Gasteiger partial charge in [0.2, 0.25) is 0 Å². The van der Waals surface area contributed by atoms with E-state index in [9.17, 15) is 0 Å². The molecule has 0 aromatic heterocycles. The molecule has 1 aromatic rings. The zero-order valence-electron chi connectivity index (χ0n) is 8.68. The highest BCUT2D eigenvalue weighted by molar-refractivity contribution is 14.1. The van der Waals surface area contributed by atoms with Crippen molar-refractivity contribution in [2.24, 2.45) is 0 Å². The van der Waals surface area contributed by atoms with Crippen LogP contribution in [-0.2, 0) is 0 Å². The van der Waals surface area contributed by atoms with Gasteiger partial charge in [-0.15, -0.1) is 0 Å². The largest absolute Gasteiger partial charge is 0.307 e. The third-order valence-corrected chi connectivity index (χ3v) is 2.82. The van der Waals surface area contributed by atoms with E-state index in [-0.39, 0.29) is 6.04 Å². The maximum atomic E-state index is 4.01. The summed E-state index contributed by atoms with van der Waals surface area (Å²) in [6, 6.07) is 8.86. The first-order chi connectivity index (χ1) is 6.65. The van der Waals surface area contributed by atoms with E-state index in [0.717, 1.165) is 12.1 Å². The molecule has 14 heavy (non-hydrogen) atoms. The number of nitrogens with one attached hydrogen (secondary N) is 1. The summed E-state index contributed by atoms with van der Waals surface area (Å²) in [5.74, 6) is 0. The van der Waals surface area contributed by atoms with Crippen LogP contribution in [0, 0.1) is 3.57 Å². The van der Waals surface area contributed by atoms with Crippen molar-refractivity contribution >= 4 is 22.6 Å². The third-order valence-electron chi connectivity index (χ3n) is 2.10. The summed E-state index contributed by atoms with van der Waals surface area (Å²) in [4.78, 5) is 0. The summed E-state index contributed by atoms with van der Waals surface area (Å²) >= 11 is 2.32. The van der Waals surface area contributed by atoms with Crippen molar-refractivity contribution < 1.29 is 0 Å². The number of hydrogen-bond donors (Lipinski definition) is 1. The van der Waals surface area contributed by atoms with Crippen LogP contribution in [0.1, 0.15) is 25.5 Å². The Hall–Kier alpha value is -0.350. The van der Waals surface area contributed by atoms with E-state index in [0.29, 0.717) is 0 Å². The van der Waals surface area contributed by atoms with Gasteiger partial charge in [-0.3, -0.25) is 0 Å². The molecule has 0 spiro atoms. The second-order valence-corrected chi connectivity index (χ2v) is 4.63. The molecule has 1 N–H and O–H groups in total. The molecule has 0 fully saturated rings. The number of hydrogen-bond acceptors (Lipinski definition) is 1. The predicted molar refractivity (Wildman–Crippen MR) is 70.4 cm³/mol. The van der Waals surface area contributed by atoms with E-state index in [1.165, 1.54) is 9.13 Å². The van der Waals surface area contributed by atoms with Crippen LogP contribution in [0.15, 0.2) is 36.4 Å². The molecular formula is C12H16IN. The summed E-state index contributed by atoms with van der Waals surface area (Å²) in [6.07, 6.45) is 0. The molecule has 1 rings (SSSR count). The van der Waals surface area contributed by atoms with Gasteiger partial charge in [-0.1, -0.05) is 31.2 Å². The van der Waals surface area contributed by atoms with E-state index in [1.54, 1.807) is 0 Å². The number of rotatable bonds is 4. The predicted octanol–water partition coefficient (Wildman–Crippen LogP) is 3.52. The SMILES string of the molecule is C=C(C)C(NCC)c1ccc(I)cc1. The van der Waals surface area contributed by atoms with Crippen LogP contribution < -0.4 is 5.32 Å². The minimum absolute atomic E-state index is 0.289. The second-order valence-electron chi connectivity index (χ2n) is 3.39. The van der Waals surface area contributed by atoms with Gasteiger partial charge in [0.25, 0.3) is 0 Å². The van der Waals surface area contributed by atoms with Gasteiger partial charge in [-0.25, -0.2) is 0 Å². The first-order valence-electron chi connectivity index (χ1n) is 4.79. The lowest BCUT2D eigenvalue weighted by molar-refractivity contribution is 0.621. The van der Waals surface area contributed by atoms with Gasteiger partial charge >= 0.3 is 0 Å². The number of benzene rings is 1. The second kappa shape index (κ2) is 5.51. The lowest BCUT2D eigenvalue weighted by Crippen LogP contribution is -2.21. The highest BCUT2D eigenvalue weighted by atomic mass is 127. The van der Waals surface area contributed by atoms with Crippen LogP contribution in [0.3, 0.4) is 0 Å². The summed E-state index contributed by atoms with van der Waals surface area (Å²) in [5, 5.41) is 3.42. The van der Waals surface area contributed by atoms with Gasteiger partial charge in [0.1, 0.15) is 0 Å². The fourth-order valence-electron chi connectivity index (χ4n) is 1.44. The highest BCUT2D eigenvalue weighted by Gasteiger charge is 2.09. The number of likely N-dealkylation sites (N-methyl/N-ethyl adjacent to an activating group) is 1. The lowest BCUT2D eigenvalue weighted by Gasteiger charge is -2.18. The van der Waals surface area contributed by atoms with Crippen LogP contribution in [0.2, 0.25) is 0 Å². The molecule has 1 unspecified atom stereocenters. The third kappa shape index (κ3) is 3.10. The van der Waals surface area contributed by atoms with Crippen molar-refractivity contribution in [3.05, 3.63) is 45.6 Å². The normalized spacial score (nSPS) is 12.5. The minimum Gasteiger partial charge on any atom is -0.307 e. The van der Waals surface area contributed by atoms with E-state index in [2.05, 4.69) is 72.6 Å². The minimum atomic E-state index is 0.289. The van der Waals surface area contributed by atoms with Crippen molar-refractivity contribution in [3.8, 4) is 0 Å². The Bertz CT molecular complexity index is 303. The van der Waals surface area contributed by atoms with Gasteiger partial charge < -0.3 is 5.32 Å². The Morgan fingerprint density at radius 3 is 2.43 bits per heavy atom. The molecule has 0 heterocycles. The fraction of sp³-hybridized carbons (Fsp3) is 0.333. The quantitative estimate of drug-likeness (QED) is 0.663. The van der Waals surface area contributed by atoms with Gasteiger partial charge in [0, 0.05) is 3.57 Å². The van der Waals surface area contributed by atoms with Gasteiger partial charge in [0.05, 0.1) is 6.04 Å². The summed E-state index contributed by atoms with van der Waals surface area (Å²) in [6.45, 7) is 9.14. The van der Waals surface area contributed by atoms with E-state index >= 15 is 0 Å². The molecule has 1 atom stereocenters. The topological polar surface area (TPSA) is 12.0 Å². The Morgan fingerprint density at radius 1 is 1.43 bits per heavy atom. The standard InChI is InChI=1S/C12H16IN/c1-4-14-12(9(2)3)10-5-7-11(13)8-6-10/h5-8,12,14H,2,4H2,1,3H3. The molecule has 0 aliphatic heterocycles. The zero-order chi connectivity index (χ0) is 10.6. The number of halogens is 1. The Kier molecular flexibility index (Phi) is 4.62. The molecule has 0 amide bonds. The zero-order valence-corrected chi connectivity index (χ0v) is 10.8. The van der Waals surface area contributed by atoms with Crippen LogP contribution >= 0.6 is 22.6 Å². The van der Waals surface area contributed by atoms with E-state index < -0.39 is 0 Å². The molecule has 0 bridgehead atoms. The molecule has 0 aliphatic carbocycles. The van der Waals surface area contributed by atoms with Crippen LogP contribution in [-0.4, -0.2) is 6.54 Å². The van der Waals surface area contributed by atoms with Crippen LogP contribution in [0.25, 0.3) is 0 Å². The highest BCUT2D eigenvalue weighted by Crippen LogP contribution is 2.20. The fourth-order valence-corrected chi connectivity index (χ4v) is 1.80. The molecular weight excluding hydrogens is 285 g/mol. The maximum absolute atomic E-state index is 4.01. The summed E-state index contributed by atoms with van der Waals surface area (Å²) in [5.41, 5.74) is 2.45. The van der Waals surface area contributed by atoms with Crippen LogP contribution in [0.5, 0.6) is 0 Å². The molecule has 0 radical (unpaired) electrons. The van der Waals surface area contributed by atoms with Crippen LogP contribution in [0.4, 0.5) is 0 Å². The van der Waals surface area contributed by atoms with Crippen molar-refractivity contribution in [3.63, 3.8) is 0 Å². The van der Waals surface area contributed by atoms with Crippen molar-refractivity contribution in [1.29, 1.82) is 0 Å². The Balaban J connectivity index is 2.87. The van der Waals surface area contributed by atoms with Gasteiger partial charge in [0.15, 0.2) is 0 Å². The molecule has 0 saturated carbocycles. The molecule has 76 valence electrons. The van der Waals surface area contributed by atoms with E-state index in [4.69, 9.17) is 0 Å². The molecule has 1 aromatic carbocycles. The summed E-state index contributed by atoms with van der Waals surface area (Å²) < 4.78 is 1.27. The Labute approximate surface area is 99.7 Å². The average molecular weight is 301 g/mol. The Morgan fingerprint density at radius 2 is 2.00 bits per heavy atom. The molecule has 0 aliphatic rings. The monoisotopic (exact) mass is 301 g/mol. The van der Waals surface area contributed by atoms with Crippen molar-refractivity contribution in [2.45, 2.75) is 19.9 Å². The first-order valence-corrected chi connectivity index (χ1v) is 5.87. The molecule has 1 nitrogen and oxygen atoms in total. The van der Waals surface area contributed by atoms with Crippen molar-refractivity contribution in [2.75, 3.05) is 6.54 Å². The smallest absolute Gasteiger partial charge is 0.0530 e. The molecule has 2 heteroatoms.